The van der Waals surface area contributed by atoms with Crippen LogP contribution in [-0.2, 0) is 0 Å². The number of benzene rings is 1. The molecule has 4 heteroatoms. The highest BCUT2D eigenvalue weighted by Crippen LogP contribution is 2.26. The predicted octanol–water partition coefficient (Wildman–Crippen LogP) is 0.228. The standard InChI is InChI=1S/C10H16N2O2/c1-6-2-10(12)8(3-9(6)11)7(4-13)5-14/h2-3,7,13-14H,4-5,11-12H2,1H3. The minimum absolute atomic E-state index is 0.136. The van der Waals surface area contributed by atoms with Gasteiger partial charge in [0.25, 0.3) is 0 Å². The van der Waals surface area contributed by atoms with Crippen LogP contribution in [0.15, 0.2) is 12.1 Å². The molecule has 0 spiro atoms. The highest BCUT2D eigenvalue weighted by molar-refractivity contribution is 5.61. The summed E-state index contributed by atoms with van der Waals surface area (Å²) in [6, 6.07) is 3.46. The van der Waals surface area contributed by atoms with Gasteiger partial charge >= 0.3 is 0 Å². The second-order valence-corrected chi connectivity index (χ2v) is 3.40. The number of nitrogen functional groups attached to an aromatic ring is 2. The Bertz CT molecular complexity index is 322. The Kier molecular flexibility index (Phi) is 3.33. The summed E-state index contributed by atoms with van der Waals surface area (Å²) in [5.74, 6) is -0.349. The molecule has 78 valence electrons. The first-order chi connectivity index (χ1) is 6.60. The monoisotopic (exact) mass is 196 g/mol. The van der Waals surface area contributed by atoms with E-state index < -0.39 is 0 Å². The van der Waals surface area contributed by atoms with E-state index in [4.69, 9.17) is 21.7 Å². The number of rotatable bonds is 3. The van der Waals surface area contributed by atoms with Crippen molar-refractivity contribution in [3.05, 3.63) is 23.3 Å². The van der Waals surface area contributed by atoms with Crippen LogP contribution < -0.4 is 11.5 Å². The van der Waals surface area contributed by atoms with Crippen LogP contribution in [0.4, 0.5) is 11.4 Å². The average molecular weight is 196 g/mol. The van der Waals surface area contributed by atoms with Gasteiger partial charge in [-0.2, -0.15) is 0 Å². The summed E-state index contributed by atoms with van der Waals surface area (Å²) in [4.78, 5) is 0. The van der Waals surface area contributed by atoms with E-state index in [0.717, 1.165) is 5.56 Å². The number of aryl methyl sites for hydroxylation is 1. The molecular weight excluding hydrogens is 180 g/mol. The van der Waals surface area contributed by atoms with Crippen LogP contribution in [0.3, 0.4) is 0 Å². The lowest BCUT2D eigenvalue weighted by Crippen LogP contribution is -2.12. The topological polar surface area (TPSA) is 92.5 Å². The third-order valence-electron chi connectivity index (χ3n) is 2.35. The molecule has 0 bridgehead atoms. The lowest BCUT2D eigenvalue weighted by Gasteiger charge is -2.15. The molecule has 0 radical (unpaired) electrons. The van der Waals surface area contributed by atoms with Gasteiger partial charge in [-0.25, -0.2) is 0 Å². The second kappa shape index (κ2) is 4.30. The molecule has 1 aromatic rings. The van der Waals surface area contributed by atoms with E-state index in [1.165, 1.54) is 0 Å². The predicted molar refractivity (Wildman–Crippen MR) is 56.9 cm³/mol. The van der Waals surface area contributed by atoms with Crippen LogP contribution in [0.2, 0.25) is 0 Å². The largest absolute Gasteiger partial charge is 0.399 e. The molecule has 0 saturated heterocycles. The van der Waals surface area contributed by atoms with Crippen LogP contribution in [0, 0.1) is 6.92 Å². The van der Waals surface area contributed by atoms with Crippen LogP contribution >= 0.6 is 0 Å². The van der Waals surface area contributed by atoms with Gasteiger partial charge in [0.2, 0.25) is 0 Å². The fourth-order valence-electron chi connectivity index (χ4n) is 1.37. The Morgan fingerprint density at radius 2 is 1.71 bits per heavy atom. The van der Waals surface area contributed by atoms with Gasteiger partial charge in [-0.15, -0.1) is 0 Å². The van der Waals surface area contributed by atoms with E-state index in [2.05, 4.69) is 0 Å². The zero-order chi connectivity index (χ0) is 10.7. The molecular formula is C10H16N2O2. The van der Waals surface area contributed by atoms with E-state index in [0.29, 0.717) is 16.9 Å². The molecule has 6 N–H and O–H groups in total. The van der Waals surface area contributed by atoms with Gasteiger partial charge in [-0.1, -0.05) is 0 Å². The maximum absolute atomic E-state index is 9.01. The first-order valence-corrected chi connectivity index (χ1v) is 4.47. The minimum atomic E-state index is -0.349. The second-order valence-electron chi connectivity index (χ2n) is 3.40. The Morgan fingerprint density at radius 1 is 1.14 bits per heavy atom. The average Bonchev–Trinajstić information content (AvgIpc) is 2.15. The molecule has 4 nitrogen and oxygen atoms in total. The summed E-state index contributed by atoms with van der Waals surface area (Å²) in [6.07, 6.45) is 0. The van der Waals surface area contributed by atoms with Gasteiger partial charge in [-0.3, -0.25) is 0 Å². The molecule has 0 heterocycles. The van der Waals surface area contributed by atoms with E-state index in [1.807, 2.05) is 6.92 Å². The van der Waals surface area contributed by atoms with Gasteiger partial charge in [0.05, 0.1) is 13.2 Å². The lowest BCUT2D eigenvalue weighted by molar-refractivity contribution is 0.193. The van der Waals surface area contributed by atoms with Crippen molar-refractivity contribution in [2.45, 2.75) is 12.8 Å². The molecule has 0 unspecified atom stereocenters. The highest BCUT2D eigenvalue weighted by Gasteiger charge is 2.13. The van der Waals surface area contributed by atoms with E-state index >= 15 is 0 Å². The fraction of sp³-hybridized carbons (Fsp3) is 0.400. The number of hydrogen-bond acceptors (Lipinski definition) is 4. The number of nitrogens with two attached hydrogens (primary N) is 2. The molecule has 0 aliphatic heterocycles. The highest BCUT2D eigenvalue weighted by atomic mass is 16.3. The molecule has 0 amide bonds. The van der Waals surface area contributed by atoms with Gasteiger partial charge in [0.15, 0.2) is 0 Å². The molecule has 1 rings (SSSR count). The summed E-state index contributed by atoms with van der Waals surface area (Å²) < 4.78 is 0. The first-order valence-electron chi connectivity index (χ1n) is 4.47. The van der Waals surface area contributed by atoms with Crippen molar-refractivity contribution in [1.82, 2.24) is 0 Å². The number of aliphatic hydroxyl groups excluding tert-OH is 2. The van der Waals surface area contributed by atoms with E-state index in [-0.39, 0.29) is 19.1 Å². The number of anilines is 2. The Hall–Kier alpha value is -1.26. The van der Waals surface area contributed by atoms with Crippen molar-refractivity contribution in [3.63, 3.8) is 0 Å². The van der Waals surface area contributed by atoms with Crippen LogP contribution in [0.5, 0.6) is 0 Å². The summed E-state index contributed by atoms with van der Waals surface area (Å²) in [5.41, 5.74) is 14.3. The van der Waals surface area contributed by atoms with Gasteiger partial charge in [0, 0.05) is 17.3 Å². The van der Waals surface area contributed by atoms with Crippen LogP contribution in [0.25, 0.3) is 0 Å². The summed E-state index contributed by atoms with van der Waals surface area (Å²) in [6.45, 7) is 1.59. The van der Waals surface area contributed by atoms with Crippen molar-refractivity contribution in [3.8, 4) is 0 Å². The number of hydrogen-bond donors (Lipinski definition) is 4. The van der Waals surface area contributed by atoms with Gasteiger partial charge in [0.1, 0.15) is 0 Å². The molecule has 0 saturated carbocycles. The SMILES string of the molecule is Cc1cc(N)c(C(CO)CO)cc1N. The van der Waals surface area contributed by atoms with E-state index in [9.17, 15) is 0 Å². The Morgan fingerprint density at radius 3 is 2.21 bits per heavy atom. The molecule has 1 aromatic carbocycles. The summed E-state index contributed by atoms with van der Waals surface area (Å²) in [5, 5.41) is 18.0. The van der Waals surface area contributed by atoms with E-state index in [1.54, 1.807) is 12.1 Å². The maximum Gasteiger partial charge on any atom is 0.0522 e. The Balaban J connectivity index is 3.14. The third-order valence-corrected chi connectivity index (χ3v) is 2.35. The molecule has 0 aliphatic carbocycles. The van der Waals surface area contributed by atoms with Gasteiger partial charge < -0.3 is 21.7 Å². The molecule has 0 atom stereocenters. The van der Waals surface area contributed by atoms with Crippen molar-refractivity contribution in [1.29, 1.82) is 0 Å². The molecule has 0 fully saturated rings. The van der Waals surface area contributed by atoms with Crippen LogP contribution in [-0.4, -0.2) is 23.4 Å². The van der Waals surface area contributed by atoms with Crippen molar-refractivity contribution in [2.24, 2.45) is 0 Å². The smallest absolute Gasteiger partial charge is 0.0522 e. The van der Waals surface area contributed by atoms with Crippen molar-refractivity contribution >= 4 is 11.4 Å². The number of aliphatic hydroxyl groups is 2. The quantitative estimate of drug-likeness (QED) is 0.521. The summed E-state index contributed by atoms with van der Waals surface area (Å²) in [7, 11) is 0. The third kappa shape index (κ3) is 1.97. The zero-order valence-electron chi connectivity index (χ0n) is 8.20. The maximum atomic E-state index is 9.01. The first kappa shape index (κ1) is 10.8. The zero-order valence-corrected chi connectivity index (χ0v) is 8.20. The molecule has 14 heavy (non-hydrogen) atoms. The van der Waals surface area contributed by atoms with Crippen molar-refractivity contribution < 1.29 is 10.2 Å². The normalized spacial score (nSPS) is 10.9. The van der Waals surface area contributed by atoms with Gasteiger partial charge in [-0.05, 0) is 30.2 Å². The minimum Gasteiger partial charge on any atom is -0.399 e. The summed E-state index contributed by atoms with van der Waals surface area (Å²) >= 11 is 0. The van der Waals surface area contributed by atoms with Crippen LogP contribution in [0.1, 0.15) is 17.0 Å². The Labute approximate surface area is 83.2 Å². The van der Waals surface area contributed by atoms with Crippen molar-refractivity contribution in [2.75, 3.05) is 24.7 Å². The fourth-order valence-corrected chi connectivity index (χ4v) is 1.37. The lowest BCUT2D eigenvalue weighted by atomic mass is 9.96. The molecule has 0 aliphatic rings. The molecule has 0 aromatic heterocycles.